The molecule has 3 aromatic rings. The van der Waals surface area contributed by atoms with Crippen molar-refractivity contribution in [2.75, 3.05) is 24.2 Å². The molecule has 2 aromatic heterocycles. The molecule has 9 nitrogen and oxygen atoms in total. The van der Waals surface area contributed by atoms with Crippen LogP contribution in [0.4, 0.5) is 18.9 Å². The zero-order valence-electron chi connectivity index (χ0n) is 19.2. The number of alkyl halides is 3. The van der Waals surface area contributed by atoms with Gasteiger partial charge in [0.15, 0.2) is 0 Å². The molecule has 13 heteroatoms. The number of hydrogen-bond donors (Lipinski definition) is 2. The van der Waals surface area contributed by atoms with Crippen molar-refractivity contribution in [2.24, 2.45) is 0 Å². The number of halogens is 3. The molecule has 2 N–H and O–H groups in total. The highest BCUT2D eigenvalue weighted by molar-refractivity contribution is 7.89. The smallest absolute Gasteiger partial charge is 0.386 e. The van der Waals surface area contributed by atoms with Gasteiger partial charge in [-0.2, -0.15) is 22.6 Å². The standard InChI is InChI=1S/C22H24F3N5O4S/c1-4-35(33,34)29-11-14(12-29)30-10-13-8-18(15(21(2,3)32)9-17(13)28-30)27-20(31)16-6-5-7-19(26-16)22(23,24)25/h5-10,14,32H,4,11-12H2,1-3H3,(H,27,31). The van der Waals surface area contributed by atoms with Crippen LogP contribution in [0.25, 0.3) is 10.9 Å². The van der Waals surface area contributed by atoms with Gasteiger partial charge in [0.1, 0.15) is 11.4 Å². The number of hydrogen-bond acceptors (Lipinski definition) is 6. The van der Waals surface area contributed by atoms with Crippen LogP contribution in [0, 0.1) is 0 Å². The summed E-state index contributed by atoms with van der Waals surface area (Å²) in [5.41, 5.74) is -2.02. The van der Waals surface area contributed by atoms with E-state index < -0.39 is 39.1 Å². The van der Waals surface area contributed by atoms with Gasteiger partial charge < -0.3 is 10.4 Å². The first-order valence-corrected chi connectivity index (χ1v) is 12.4. The number of carbonyl (C=O) groups excluding carboxylic acids is 1. The van der Waals surface area contributed by atoms with Gasteiger partial charge >= 0.3 is 6.18 Å². The number of anilines is 1. The quantitative estimate of drug-likeness (QED) is 0.525. The maximum Gasteiger partial charge on any atom is 0.433 e. The average molecular weight is 512 g/mol. The molecule has 35 heavy (non-hydrogen) atoms. The van der Waals surface area contributed by atoms with Gasteiger partial charge in [-0.1, -0.05) is 6.07 Å². The molecule has 0 aliphatic carbocycles. The van der Waals surface area contributed by atoms with E-state index in [4.69, 9.17) is 0 Å². The topological polar surface area (TPSA) is 117 Å². The molecule has 1 aliphatic heterocycles. The number of benzene rings is 1. The third-order valence-corrected chi connectivity index (χ3v) is 7.62. The Hall–Kier alpha value is -3.03. The van der Waals surface area contributed by atoms with E-state index in [9.17, 15) is 31.5 Å². The lowest BCUT2D eigenvalue weighted by Crippen LogP contribution is -2.51. The maximum absolute atomic E-state index is 13.0. The SMILES string of the molecule is CCS(=O)(=O)N1CC(n2cc3cc(NC(=O)c4cccc(C(F)(F)F)n4)c(C(C)(C)O)cc3n2)C1. The van der Waals surface area contributed by atoms with Crippen molar-refractivity contribution in [1.29, 1.82) is 0 Å². The summed E-state index contributed by atoms with van der Waals surface area (Å²) in [7, 11) is -3.28. The predicted molar refractivity (Wildman–Crippen MR) is 122 cm³/mol. The van der Waals surface area contributed by atoms with E-state index >= 15 is 0 Å². The maximum atomic E-state index is 13.0. The van der Waals surface area contributed by atoms with E-state index in [-0.39, 0.29) is 30.6 Å². The highest BCUT2D eigenvalue weighted by Crippen LogP contribution is 2.34. The second-order valence-corrected chi connectivity index (χ2v) is 11.1. The van der Waals surface area contributed by atoms with Gasteiger partial charge in [-0.3, -0.25) is 9.48 Å². The summed E-state index contributed by atoms with van der Waals surface area (Å²) in [6.45, 7) is 5.15. The molecule has 1 aliphatic rings. The molecule has 1 amide bonds. The first-order chi connectivity index (χ1) is 16.2. The Kier molecular flexibility index (Phi) is 6.14. The highest BCUT2D eigenvalue weighted by atomic mass is 32.2. The van der Waals surface area contributed by atoms with Crippen LogP contribution in [0.3, 0.4) is 0 Å². The number of amides is 1. The molecule has 0 unspecified atom stereocenters. The number of sulfonamides is 1. The summed E-state index contributed by atoms with van der Waals surface area (Å²) >= 11 is 0. The Balaban J connectivity index is 1.64. The Morgan fingerprint density at radius 2 is 1.91 bits per heavy atom. The zero-order chi connectivity index (χ0) is 25.8. The number of pyridine rings is 1. The first-order valence-electron chi connectivity index (χ1n) is 10.8. The van der Waals surface area contributed by atoms with E-state index in [0.29, 0.717) is 16.5 Å². The van der Waals surface area contributed by atoms with Gasteiger partial charge in [0.2, 0.25) is 10.0 Å². The van der Waals surface area contributed by atoms with Crippen molar-refractivity contribution in [3.05, 3.63) is 53.5 Å². The average Bonchev–Trinajstić information content (AvgIpc) is 3.13. The van der Waals surface area contributed by atoms with Gasteiger partial charge in [0.25, 0.3) is 5.91 Å². The summed E-state index contributed by atoms with van der Waals surface area (Å²) in [5, 5.41) is 18.3. The zero-order valence-corrected chi connectivity index (χ0v) is 20.0. The highest BCUT2D eigenvalue weighted by Gasteiger charge is 2.36. The molecule has 0 bridgehead atoms. The van der Waals surface area contributed by atoms with E-state index in [1.807, 2.05) is 0 Å². The van der Waals surface area contributed by atoms with E-state index in [2.05, 4.69) is 15.4 Å². The molecule has 0 spiro atoms. The van der Waals surface area contributed by atoms with Crippen LogP contribution in [-0.2, 0) is 21.8 Å². The van der Waals surface area contributed by atoms with Crippen molar-refractivity contribution in [3.8, 4) is 0 Å². The summed E-state index contributed by atoms with van der Waals surface area (Å²) in [6.07, 6.45) is -3.00. The molecule has 1 saturated heterocycles. The molecule has 4 rings (SSSR count). The number of aliphatic hydroxyl groups is 1. The number of nitrogens with one attached hydrogen (secondary N) is 1. The summed E-state index contributed by atoms with van der Waals surface area (Å²) in [5.74, 6) is -0.854. The van der Waals surface area contributed by atoms with Gasteiger partial charge in [0.05, 0.1) is 22.9 Å². The summed E-state index contributed by atoms with van der Waals surface area (Å²) in [4.78, 5) is 16.1. The van der Waals surface area contributed by atoms with E-state index in [1.54, 1.807) is 29.9 Å². The minimum absolute atomic E-state index is 0.0134. The molecule has 0 atom stereocenters. The van der Waals surface area contributed by atoms with E-state index in [0.717, 1.165) is 18.2 Å². The third kappa shape index (κ3) is 5.02. The third-order valence-electron chi connectivity index (χ3n) is 5.80. The molecule has 0 radical (unpaired) electrons. The fourth-order valence-electron chi connectivity index (χ4n) is 3.79. The Bertz CT molecular complexity index is 1390. The van der Waals surface area contributed by atoms with Crippen molar-refractivity contribution in [1.82, 2.24) is 19.1 Å². The summed E-state index contributed by atoms with van der Waals surface area (Å²) < 4.78 is 66.0. The number of nitrogens with zero attached hydrogens (tertiary/aromatic N) is 4. The molecule has 188 valence electrons. The van der Waals surface area contributed by atoms with Crippen molar-refractivity contribution >= 4 is 32.5 Å². The Morgan fingerprint density at radius 3 is 2.51 bits per heavy atom. The van der Waals surface area contributed by atoms with Gasteiger partial charge in [-0.05, 0) is 45.0 Å². The lowest BCUT2D eigenvalue weighted by Gasteiger charge is -2.37. The van der Waals surface area contributed by atoms with Crippen molar-refractivity contribution < 1.29 is 31.5 Å². The van der Waals surface area contributed by atoms with Crippen molar-refractivity contribution in [3.63, 3.8) is 0 Å². The second-order valence-electron chi connectivity index (χ2n) is 8.86. The van der Waals surface area contributed by atoms with Crippen LogP contribution >= 0.6 is 0 Å². The van der Waals surface area contributed by atoms with E-state index in [1.165, 1.54) is 18.2 Å². The lowest BCUT2D eigenvalue weighted by molar-refractivity contribution is -0.141. The molecule has 3 heterocycles. The minimum Gasteiger partial charge on any atom is -0.386 e. The number of carbonyl (C=O) groups is 1. The number of rotatable bonds is 6. The fourth-order valence-corrected chi connectivity index (χ4v) is 4.95. The normalized spacial score (nSPS) is 15.9. The molecular formula is C22H24F3N5O4S. The second kappa shape index (κ2) is 8.57. The van der Waals surface area contributed by atoms with Crippen molar-refractivity contribution in [2.45, 2.75) is 38.6 Å². The van der Waals surface area contributed by atoms with Gasteiger partial charge in [-0.25, -0.2) is 13.4 Å². The van der Waals surface area contributed by atoms with Crippen LogP contribution in [0.15, 0.2) is 36.5 Å². The molecular weight excluding hydrogens is 487 g/mol. The van der Waals surface area contributed by atoms with Gasteiger partial charge in [-0.15, -0.1) is 0 Å². The van der Waals surface area contributed by atoms with Crippen LogP contribution in [0.5, 0.6) is 0 Å². The van der Waals surface area contributed by atoms with Crippen LogP contribution < -0.4 is 5.32 Å². The Labute approximate surface area is 199 Å². The predicted octanol–water partition coefficient (Wildman–Crippen LogP) is 3.14. The van der Waals surface area contributed by atoms with Crippen LogP contribution in [0.1, 0.15) is 48.6 Å². The molecule has 1 fully saturated rings. The number of aromatic nitrogens is 3. The summed E-state index contributed by atoms with van der Waals surface area (Å²) in [6, 6.07) is 6.01. The monoisotopic (exact) mass is 511 g/mol. The lowest BCUT2D eigenvalue weighted by atomic mass is 9.95. The van der Waals surface area contributed by atoms with Crippen LogP contribution in [0.2, 0.25) is 0 Å². The molecule has 0 saturated carbocycles. The van der Waals surface area contributed by atoms with Gasteiger partial charge in [0, 0.05) is 35.9 Å². The first kappa shape index (κ1) is 25.1. The fraction of sp³-hybridized carbons (Fsp3) is 0.409. The minimum atomic E-state index is -4.70. The van der Waals surface area contributed by atoms with Crippen LogP contribution in [-0.4, -0.2) is 57.3 Å². The largest absolute Gasteiger partial charge is 0.433 e. The Morgan fingerprint density at radius 1 is 1.23 bits per heavy atom. The number of fused-ring (bicyclic) bond motifs is 1. The molecule has 1 aromatic carbocycles.